The monoisotopic (exact) mass is 304 g/mol. The van der Waals surface area contributed by atoms with Gasteiger partial charge in [-0.1, -0.05) is 19.4 Å². The second-order valence-corrected chi connectivity index (χ2v) is 8.98. The van der Waals surface area contributed by atoms with Gasteiger partial charge in [0.2, 0.25) is 0 Å². The van der Waals surface area contributed by atoms with E-state index >= 15 is 0 Å². The Morgan fingerprint density at radius 1 is 1.14 bits per heavy atom. The van der Waals surface area contributed by atoms with Crippen LogP contribution in [-0.2, 0) is 4.79 Å². The van der Waals surface area contributed by atoms with Gasteiger partial charge in [-0.2, -0.15) is 0 Å². The fourth-order valence-corrected chi connectivity index (χ4v) is 7.14. The third-order valence-corrected chi connectivity index (χ3v) is 7.89. The average Bonchev–Trinajstić information content (AvgIpc) is 2.69. The van der Waals surface area contributed by atoms with Gasteiger partial charge in [-0.25, -0.2) is 4.79 Å². The molecule has 22 heavy (non-hydrogen) atoms. The average molecular weight is 304 g/mol. The maximum atomic E-state index is 11.6. The van der Waals surface area contributed by atoms with Crippen molar-refractivity contribution >= 4 is 5.97 Å². The lowest BCUT2D eigenvalue weighted by Crippen LogP contribution is -2.58. The Kier molecular flexibility index (Phi) is 2.93. The van der Waals surface area contributed by atoms with Crippen molar-refractivity contribution in [2.45, 2.75) is 70.8 Å². The minimum absolute atomic E-state index is 0.106. The van der Waals surface area contributed by atoms with Crippen LogP contribution in [0.15, 0.2) is 11.6 Å². The van der Waals surface area contributed by atoms with E-state index in [1.54, 1.807) is 0 Å². The smallest absolute Gasteiger partial charge is 0.331 e. The number of hydrogen-bond donors (Lipinski definition) is 2. The van der Waals surface area contributed by atoms with E-state index in [1.807, 2.05) is 6.92 Å². The zero-order chi connectivity index (χ0) is 15.8. The molecule has 0 heterocycles. The van der Waals surface area contributed by atoms with E-state index in [-0.39, 0.29) is 16.7 Å². The van der Waals surface area contributed by atoms with E-state index in [4.69, 9.17) is 0 Å². The molecule has 122 valence electrons. The second kappa shape index (κ2) is 4.37. The molecular weight excluding hydrogens is 276 g/mol. The number of rotatable bonds is 1. The molecular formula is C19H28O3. The second-order valence-electron chi connectivity index (χ2n) is 8.98. The van der Waals surface area contributed by atoms with E-state index in [0.29, 0.717) is 17.4 Å². The predicted molar refractivity (Wildman–Crippen MR) is 84.3 cm³/mol. The Labute approximate surface area is 132 Å². The van der Waals surface area contributed by atoms with Gasteiger partial charge < -0.3 is 10.2 Å². The van der Waals surface area contributed by atoms with Crippen LogP contribution in [0.5, 0.6) is 0 Å². The van der Waals surface area contributed by atoms with Crippen molar-refractivity contribution in [3.63, 3.8) is 0 Å². The molecule has 0 aromatic rings. The summed E-state index contributed by atoms with van der Waals surface area (Å²) in [7, 11) is 0. The quantitative estimate of drug-likeness (QED) is 0.775. The first kappa shape index (κ1) is 14.7. The van der Waals surface area contributed by atoms with Crippen molar-refractivity contribution in [1.82, 2.24) is 0 Å². The highest BCUT2D eigenvalue weighted by molar-refractivity contribution is 5.88. The van der Waals surface area contributed by atoms with Crippen LogP contribution in [0.1, 0.15) is 65.2 Å². The van der Waals surface area contributed by atoms with Crippen LogP contribution in [0.4, 0.5) is 0 Å². The molecule has 0 saturated heterocycles. The maximum absolute atomic E-state index is 11.6. The molecule has 3 nitrogen and oxygen atoms in total. The number of carbonyl (C=O) groups is 1. The lowest BCUT2D eigenvalue weighted by atomic mass is 9.43. The van der Waals surface area contributed by atoms with Crippen LogP contribution in [0.2, 0.25) is 0 Å². The lowest BCUT2D eigenvalue weighted by Gasteiger charge is -2.63. The summed E-state index contributed by atoms with van der Waals surface area (Å²) in [4.78, 5) is 11.6. The molecule has 3 heteroatoms. The Morgan fingerprint density at radius 3 is 2.64 bits per heavy atom. The van der Waals surface area contributed by atoms with Crippen LogP contribution in [0.3, 0.4) is 0 Å². The number of carboxylic acid groups (broad SMARTS) is 1. The number of aliphatic carboxylic acids is 1. The standard InChI is InChI=1S/C19H28O3/c1-17-7-3-8-18(2,22)14(17)6-9-19-10-12(4-5-15(17)19)13(11-19)16(20)21/h11-12,14-15,22H,3-10H2,1-2H3,(H,20,21)/t12-,14+,15+,17-,18-,19+/m1/s1. The van der Waals surface area contributed by atoms with E-state index in [2.05, 4.69) is 13.0 Å². The summed E-state index contributed by atoms with van der Waals surface area (Å²) in [6.45, 7) is 4.43. The van der Waals surface area contributed by atoms with Gasteiger partial charge in [-0.15, -0.1) is 0 Å². The predicted octanol–water partition coefficient (Wildman–Crippen LogP) is 3.76. The number of fused-ring (bicyclic) bond motifs is 3. The summed E-state index contributed by atoms with van der Waals surface area (Å²) in [5.41, 5.74) is 0.431. The van der Waals surface area contributed by atoms with E-state index in [9.17, 15) is 15.0 Å². The molecule has 1 spiro atoms. The first-order valence-electron chi connectivity index (χ1n) is 8.97. The van der Waals surface area contributed by atoms with Crippen LogP contribution >= 0.6 is 0 Å². The summed E-state index contributed by atoms with van der Waals surface area (Å²) in [5.74, 6) is 0.505. The van der Waals surface area contributed by atoms with Gasteiger partial charge in [0.1, 0.15) is 0 Å². The SMILES string of the molecule is C[C@@]12CCC[C@@](C)(O)[C@H]1CC[C@]13C=C(C(=O)O)[C@H](CC[C@H]12)C3. The molecule has 2 bridgehead atoms. The Morgan fingerprint density at radius 2 is 1.91 bits per heavy atom. The zero-order valence-electron chi connectivity index (χ0n) is 13.8. The Bertz CT molecular complexity index is 549. The molecule has 3 saturated carbocycles. The largest absolute Gasteiger partial charge is 0.478 e. The highest BCUT2D eigenvalue weighted by Gasteiger charge is 2.63. The zero-order valence-corrected chi connectivity index (χ0v) is 13.8. The third-order valence-electron chi connectivity index (χ3n) is 7.89. The first-order chi connectivity index (χ1) is 10.3. The molecule has 0 aromatic heterocycles. The topological polar surface area (TPSA) is 57.5 Å². The Balaban J connectivity index is 1.76. The highest BCUT2D eigenvalue weighted by Crippen LogP contribution is 2.69. The van der Waals surface area contributed by atoms with Crippen LogP contribution in [0, 0.1) is 28.6 Å². The molecule has 6 atom stereocenters. The van der Waals surface area contributed by atoms with E-state index in [0.717, 1.165) is 44.9 Å². The molecule has 4 rings (SSSR count). The van der Waals surface area contributed by atoms with Crippen molar-refractivity contribution in [3.8, 4) is 0 Å². The van der Waals surface area contributed by atoms with Crippen LogP contribution in [0.25, 0.3) is 0 Å². The molecule has 0 aliphatic heterocycles. The van der Waals surface area contributed by atoms with Crippen molar-refractivity contribution in [2.24, 2.45) is 28.6 Å². The van der Waals surface area contributed by atoms with Crippen molar-refractivity contribution in [1.29, 1.82) is 0 Å². The number of aliphatic hydroxyl groups is 1. The molecule has 0 amide bonds. The van der Waals surface area contributed by atoms with Gasteiger partial charge in [0.05, 0.1) is 5.60 Å². The summed E-state index contributed by atoms with van der Waals surface area (Å²) in [5, 5.41) is 20.4. The van der Waals surface area contributed by atoms with Gasteiger partial charge in [-0.05, 0) is 80.5 Å². The third kappa shape index (κ3) is 1.75. The molecule has 0 radical (unpaired) electrons. The molecule has 4 aliphatic rings. The molecule has 0 aromatic carbocycles. The lowest BCUT2D eigenvalue weighted by molar-refractivity contribution is -0.172. The number of carboxylic acids is 1. The van der Waals surface area contributed by atoms with Crippen molar-refractivity contribution < 1.29 is 15.0 Å². The van der Waals surface area contributed by atoms with Gasteiger partial charge >= 0.3 is 5.97 Å². The fraction of sp³-hybridized carbons (Fsp3) is 0.842. The Hall–Kier alpha value is -0.830. The van der Waals surface area contributed by atoms with E-state index < -0.39 is 11.6 Å². The first-order valence-corrected chi connectivity index (χ1v) is 8.97. The normalized spacial score (nSPS) is 53.4. The minimum Gasteiger partial charge on any atom is -0.478 e. The van der Waals surface area contributed by atoms with Crippen LogP contribution in [-0.4, -0.2) is 21.8 Å². The summed E-state index contributed by atoms with van der Waals surface area (Å²) in [6.07, 6.45) is 10.7. The molecule has 3 fully saturated rings. The van der Waals surface area contributed by atoms with Gasteiger partial charge in [0.15, 0.2) is 0 Å². The van der Waals surface area contributed by atoms with Crippen LogP contribution < -0.4 is 0 Å². The molecule has 0 unspecified atom stereocenters. The van der Waals surface area contributed by atoms with Crippen molar-refractivity contribution in [2.75, 3.05) is 0 Å². The highest BCUT2D eigenvalue weighted by atomic mass is 16.4. The summed E-state index contributed by atoms with van der Waals surface area (Å²) < 4.78 is 0. The maximum Gasteiger partial charge on any atom is 0.331 e. The minimum atomic E-state index is -0.703. The van der Waals surface area contributed by atoms with E-state index in [1.165, 1.54) is 6.42 Å². The number of allylic oxidation sites excluding steroid dienone is 1. The summed E-state index contributed by atoms with van der Waals surface area (Å²) >= 11 is 0. The molecule has 2 N–H and O–H groups in total. The van der Waals surface area contributed by atoms with Gasteiger partial charge in [-0.3, -0.25) is 0 Å². The fourth-order valence-electron chi connectivity index (χ4n) is 7.14. The van der Waals surface area contributed by atoms with Crippen molar-refractivity contribution in [3.05, 3.63) is 11.6 Å². The number of hydrogen-bond acceptors (Lipinski definition) is 2. The molecule has 4 aliphatic carbocycles. The summed E-state index contributed by atoms with van der Waals surface area (Å²) in [6, 6.07) is 0. The van der Waals surface area contributed by atoms with Gasteiger partial charge in [0, 0.05) is 5.57 Å². The van der Waals surface area contributed by atoms with Gasteiger partial charge in [0.25, 0.3) is 0 Å².